The number of ether oxygens (including phenoxy) is 2. The number of carbonyl (C=O) groups is 1. The number of nitrogens with zero attached hydrogens (tertiary/aromatic N) is 1. The van der Waals surface area contributed by atoms with E-state index >= 15 is 0 Å². The van der Waals surface area contributed by atoms with Crippen molar-refractivity contribution in [2.75, 3.05) is 38.3 Å². The monoisotopic (exact) mass is 323 g/mol. The highest BCUT2D eigenvalue weighted by molar-refractivity contribution is 7.99. The maximum atomic E-state index is 12.1. The molecule has 1 aromatic carbocycles. The number of likely N-dealkylation sites (tertiary alicyclic amines) is 1. The third kappa shape index (κ3) is 5.44. The fourth-order valence-corrected chi connectivity index (χ4v) is 3.10. The second-order valence-corrected chi connectivity index (χ2v) is 6.75. The van der Waals surface area contributed by atoms with Crippen LogP contribution in [0.5, 0.6) is 11.5 Å². The fourth-order valence-electron chi connectivity index (χ4n) is 2.40. The zero-order valence-electron chi connectivity index (χ0n) is 13.4. The molecule has 1 aliphatic rings. The van der Waals surface area contributed by atoms with Crippen molar-refractivity contribution in [3.8, 4) is 11.5 Å². The van der Waals surface area contributed by atoms with Crippen molar-refractivity contribution in [3.63, 3.8) is 0 Å². The predicted octanol–water partition coefficient (Wildman–Crippen LogP) is 3.07. The van der Waals surface area contributed by atoms with Gasteiger partial charge in [-0.3, -0.25) is 4.79 Å². The average molecular weight is 323 g/mol. The van der Waals surface area contributed by atoms with E-state index in [0.29, 0.717) is 12.4 Å². The van der Waals surface area contributed by atoms with E-state index in [1.807, 2.05) is 29.2 Å². The first-order chi connectivity index (χ1) is 10.7. The van der Waals surface area contributed by atoms with Gasteiger partial charge < -0.3 is 14.4 Å². The van der Waals surface area contributed by atoms with Gasteiger partial charge in [0.05, 0.1) is 19.5 Å². The molecule has 1 fully saturated rings. The van der Waals surface area contributed by atoms with Crippen LogP contribution in [0.1, 0.15) is 19.8 Å². The molecule has 1 heterocycles. The molecule has 22 heavy (non-hydrogen) atoms. The Bertz CT molecular complexity index is 455. The lowest BCUT2D eigenvalue weighted by Crippen LogP contribution is -2.39. The van der Waals surface area contributed by atoms with E-state index in [4.69, 9.17) is 9.47 Å². The topological polar surface area (TPSA) is 38.8 Å². The van der Waals surface area contributed by atoms with Crippen LogP contribution < -0.4 is 9.47 Å². The third-order valence-electron chi connectivity index (χ3n) is 3.92. The second-order valence-electron chi connectivity index (χ2n) is 5.64. The number of hydrogen-bond acceptors (Lipinski definition) is 4. The molecule has 4 nitrogen and oxygen atoms in total. The zero-order valence-corrected chi connectivity index (χ0v) is 14.2. The first-order valence-corrected chi connectivity index (χ1v) is 8.97. The molecule has 0 aliphatic carbocycles. The Balaban J connectivity index is 1.57. The van der Waals surface area contributed by atoms with Crippen LogP contribution in [0.3, 0.4) is 0 Å². The Morgan fingerprint density at radius 3 is 2.50 bits per heavy atom. The zero-order chi connectivity index (χ0) is 15.8. The van der Waals surface area contributed by atoms with E-state index in [9.17, 15) is 4.79 Å². The summed E-state index contributed by atoms with van der Waals surface area (Å²) in [5.41, 5.74) is 0. The highest BCUT2D eigenvalue weighted by Crippen LogP contribution is 2.18. The van der Waals surface area contributed by atoms with Crippen LogP contribution in [-0.2, 0) is 4.79 Å². The number of rotatable bonds is 7. The summed E-state index contributed by atoms with van der Waals surface area (Å²) in [6.07, 6.45) is 2.27. The molecule has 1 aromatic rings. The Morgan fingerprint density at radius 1 is 1.23 bits per heavy atom. The SMILES string of the molecule is COc1ccc(OCCSCC(=O)N2CCC(C)CC2)cc1. The van der Waals surface area contributed by atoms with E-state index in [-0.39, 0.29) is 5.91 Å². The molecule has 122 valence electrons. The van der Waals surface area contributed by atoms with Gasteiger partial charge in [-0.15, -0.1) is 11.8 Å². The van der Waals surface area contributed by atoms with Gasteiger partial charge in [0.1, 0.15) is 11.5 Å². The lowest BCUT2D eigenvalue weighted by atomic mass is 9.99. The van der Waals surface area contributed by atoms with Gasteiger partial charge in [-0.2, -0.15) is 0 Å². The number of piperidine rings is 1. The molecule has 0 saturated carbocycles. The largest absolute Gasteiger partial charge is 0.497 e. The summed E-state index contributed by atoms with van der Waals surface area (Å²) in [6, 6.07) is 7.54. The molecule has 0 radical (unpaired) electrons. The summed E-state index contributed by atoms with van der Waals surface area (Å²) >= 11 is 1.64. The van der Waals surface area contributed by atoms with Crippen molar-refractivity contribution in [1.29, 1.82) is 0 Å². The van der Waals surface area contributed by atoms with E-state index in [1.54, 1.807) is 18.9 Å². The molecular weight excluding hydrogens is 298 g/mol. The van der Waals surface area contributed by atoms with Gasteiger partial charge in [0.15, 0.2) is 0 Å². The minimum Gasteiger partial charge on any atom is -0.497 e. The van der Waals surface area contributed by atoms with Crippen molar-refractivity contribution in [2.24, 2.45) is 5.92 Å². The van der Waals surface area contributed by atoms with Gasteiger partial charge in [-0.1, -0.05) is 6.92 Å². The molecule has 1 saturated heterocycles. The summed E-state index contributed by atoms with van der Waals surface area (Å²) in [6.45, 7) is 4.71. The van der Waals surface area contributed by atoms with Crippen molar-refractivity contribution >= 4 is 17.7 Å². The quantitative estimate of drug-likeness (QED) is 0.723. The van der Waals surface area contributed by atoms with Crippen LogP contribution in [0.4, 0.5) is 0 Å². The van der Waals surface area contributed by atoms with E-state index in [1.165, 1.54) is 0 Å². The van der Waals surface area contributed by atoms with Crippen molar-refractivity contribution < 1.29 is 14.3 Å². The number of carbonyl (C=O) groups excluding carboxylic acids is 1. The van der Waals surface area contributed by atoms with E-state index in [2.05, 4.69) is 6.92 Å². The lowest BCUT2D eigenvalue weighted by molar-refractivity contribution is -0.129. The summed E-state index contributed by atoms with van der Waals surface area (Å²) < 4.78 is 10.7. The predicted molar refractivity (Wildman–Crippen MR) is 90.8 cm³/mol. The van der Waals surface area contributed by atoms with Crippen LogP contribution in [0.2, 0.25) is 0 Å². The minimum atomic E-state index is 0.265. The molecule has 0 spiro atoms. The molecule has 0 aromatic heterocycles. The van der Waals surface area contributed by atoms with Gasteiger partial charge in [0.2, 0.25) is 5.91 Å². The second kappa shape index (κ2) is 8.93. The van der Waals surface area contributed by atoms with Crippen molar-refractivity contribution in [3.05, 3.63) is 24.3 Å². The minimum absolute atomic E-state index is 0.265. The van der Waals surface area contributed by atoms with E-state index in [0.717, 1.165) is 49.1 Å². The lowest BCUT2D eigenvalue weighted by Gasteiger charge is -2.30. The molecule has 0 unspecified atom stereocenters. The molecule has 2 rings (SSSR count). The molecule has 1 aliphatic heterocycles. The molecule has 0 bridgehead atoms. The standard InChI is InChI=1S/C17H25NO3S/c1-14-7-9-18(10-8-14)17(19)13-22-12-11-21-16-5-3-15(20-2)4-6-16/h3-6,14H,7-13H2,1-2H3. The van der Waals surface area contributed by atoms with E-state index < -0.39 is 0 Å². The third-order valence-corrected chi connectivity index (χ3v) is 4.82. The van der Waals surface area contributed by atoms with Gasteiger partial charge in [-0.05, 0) is 43.0 Å². The number of benzene rings is 1. The Morgan fingerprint density at radius 2 is 1.86 bits per heavy atom. The number of thioether (sulfide) groups is 1. The van der Waals surface area contributed by atoms with Gasteiger partial charge in [0.25, 0.3) is 0 Å². The van der Waals surface area contributed by atoms with Crippen molar-refractivity contribution in [2.45, 2.75) is 19.8 Å². The number of methoxy groups -OCH3 is 1. The molecule has 0 N–H and O–H groups in total. The Kier molecular flexibility index (Phi) is 6.90. The molecule has 0 atom stereocenters. The van der Waals surface area contributed by atoms with Crippen LogP contribution in [0, 0.1) is 5.92 Å². The average Bonchev–Trinajstić information content (AvgIpc) is 2.55. The Labute approximate surface area is 137 Å². The normalized spacial score (nSPS) is 15.6. The Hall–Kier alpha value is -1.36. The van der Waals surface area contributed by atoms with Crippen molar-refractivity contribution in [1.82, 2.24) is 4.90 Å². The van der Waals surface area contributed by atoms with Gasteiger partial charge in [-0.25, -0.2) is 0 Å². The first kappa shape index (κ1) is 17.0. The van der Waals surface area contributed by atoms with Gasteiger partial charge >= 0.3 is 0 Å². The highest BCUT2D eigenvalue weighted by atomic mass is 32.2. The summed E-state index contributed by atoms with van der Waals surface area (Å²) in [7, 11) is 1.65. The van der Waals surface area contributed by atoms with Crippen LogP contribution in [0.15, 0.2) is 24.3 Å². The number of hydrogen-bond donors (Lipinski definition) is 0. The first-order valence-electron chi connectivity index (χ1n) is 7.81. The fraction of sp³-hybridized carbons (Fsp3) is 0.588. The van der Waals surface area contributed by atoms with Crippen LogP contribution >= 0.6 is 11.8 Å². The highest BCUT2D eigenvalue weighted by Gasteiger charge is 2.19. The summed E-state index contributed by atoms with van der Waals surface area (Å²) in [5.74, 6) is 4.05. The maximum Gasteiger partial charge on any atom is 0.232 e. The summed E-state index contributed by atoms with van der Waals surface area (Å²) in [4.78, 5) is 14.1. The van der Waals surface area contributed by atoms with Gasteiger partial charge in [0, 0.05) is 18.8 Å². The number of amides is 1. The van der Waals surface area contributed by atoms with Crippen LogP contribution in [0.25, 0.3) is 0 Å². The smallest absolute Gasteiger partial charge is 0.232 e. The maximum absolute atomic E-state index is 12.1. The molecule has 1 amide bonds. The molecular formula is C17H25NO3S. The van der Waals surface area contributed by atoms with Crippen LogP contribution in [-0.4, -0.2) is 49.1 Å². The molecule has 5 heteroatoms. The summed E-state index contributed by atoms with van der Waals surface area (Å²) in [5, 5.41) is 0.